The van der Waals surface area contributed by atoms with Crippen molar-refractivity contribution in [3.63, 3.8) is 0 Å². The van der Waals surface area contributed by atoms with E-state index in [1.54, 1.807) is 19.2 Å². The molecule has 1 aliphatic heterocycles. The Morgan fingerprint density at radius 2 is 1.84 bits per heavy atom. The second-order valence-electron chi connectivity index (χ2n) is 7.57. The average Bonchev–Trinajstić information content (AvgIpc) is 2.86. The Kier molecular flexibility index (Phi) is 6.74. The van der Waals surface area contributed by atoms with Crippen molar-refractivity contribution in [1.82, 2.24) is 25.1 Å². The highest BCUT2D eigenvalue weighted by molar-refractivity contribution is 5.92. The third-order valence-corrected chi connectivity index (χ3v) is 5.43. The van der Waals surface area contributed by atoms with Crippen molar-refractivity contribution in [2.75, 3.05) is 31.6 Å². The monoisotopic (exact) mass is 434 g/mol. The fourth-order valence-electron chi connectivity index (χ4n) is 3.66. The van der Waals surface area contributed by atoms with Gasteiger partial charge >= 0.3 is 0 Å². The molecule has 1 saturated heterocycles. The minimum Gasteiger partial charge on any atom is -0.497 e. The molecule has 1 fully saturated rings. The lowest BCUT2D eigenvalue weighted by Crippen LogP contribution is -2.33. The van der Waals surface area contributed by atoms with E-state index < -0.39 is 0 Å². The van der Waals surface area contributed by atoms with Gasteiger partial charge in [-0.25, -0.2) is 14.6 Å². The molecule has 0 spiro atoms. The van der Waals surface area contributed by atoms with Crippen LogP contribution in [0.1, 0.15) is 29.8 Å². The lowest BCUT2D eigenvalue weighted by atomic mass is 10.1. The number of rotatable bonds is 7. The number of hydrogen-bond acceptors (Lipinski definition) is 7. The fraction of sp³-hybridized carbons (Fsp3) is 0.348. The Labute approximate surface area is 186 Å². The number of ether oxygens (including phenoxy) is 1. The smallest absolute Gasteiger partial charge is 0.270 e. The summed E-state index contributed by atoms with van der Waals surface area (Å²) in [6.45, 7) is 2.38. The topological polar surface area (TPSA) is 102 Å². The van der Waals surface area contributed by atoms with Gasteiger partial charge in [-0.3, -0.25) is 9.59 Å². The van der Waals surface area contributed by atoms with Gasteiger partial charge in [0, 0.05) is 37.3 Å². The second-order valence-corrected chi connectivity index (χ2v) is 7.57. The van der Waals surface area contributed by atoms with Crippen LogP contribution in [0.15, 0.2) is 53.6 Å². The van der Waals surface area contributed by atoms with Gasteiger partial charge in [-0.05, 0) is 49.6 Å². The molecular formula is C23H26N6O3. The molecule has 0 atom stereocenters. The number of hydrogen-bond donors (Lipinski definition) is 1. The van der Waals surface area contributed by atoms with Crippen LogP contribution in [0.5, 0.6) is 5.75 Å². The molecule has 2 aromatic heterocycles. The van der Waals surface area contributed by atoms with Crippen LogP contribution in [0.25, 0.3) is 11.3 Å². The first-order valence-corrected chi connectivity index (χ1v) is 10.7. The molecule has 0 unspecified atom stereocenters. The summed E-state index contributed by atoms with van der Waals surface area (Å²) >= 11 is 0. The van der Waals surface area contributed by atoms with Gasteiger partial charge in [-0.15, -0.1) is 0 Å². The van der Waals surface area contributed by atoms with Gasteiger partial charge in [0.05, 0.1) is 19.3 Å². The lowest BCUT2D eigenvalue weighted by molar-refractivity contribution is 0.0946. The van der Waals surface area contributed by atoms with E-state index in [1.165, 1.54) is 23.5 Å². The molecule has 1 N–H and O–H groups in total. The van der Waals surface area contributed by atoms with Crippen LogP contribution in [-0.4, -0.2) is 52.4 Å². The molecule has 1 aliphatic rings. The summed E-state index contributed by atoms with van der Waals surface area (Å²) in [6.07, 6.45) is 4.90. The van der Waals surface area contributed by atoms with Crippen LogP contribution >= 0.6 is 0 Å². The molecule has 0 radical (unpaired) electrons. The standard InChI is InChI=1S/C23H26N6O3/c1-32-18-7-5-17(6-8-18)19-9-10-22(30)29(27-19)14-11-24-23(31)20-15-21(26-16-25-20)28-12-3-2-4-13-28/h5-10,15-16H,2-4,11-14H2,1H3,(H,24,31). The number of nitrogens with zero attached hydrogens (tertiary/aromatic N) is 5. The van der Waals surface area contributed by atoms with Crippen molar-refractivity contribution in [2.24, 2.45) is 0 Å². The predicted molar refractivity (Wildman–Crippen MR) is 121 cm³/mol. The third-order valence-electron chi connectivity index (χ3n) is 5.43. The van der Waals surface area contributed by atoms with Crippen molar-refractivity contribution in [3.8, 4) is 17.0 Å². The van der Waals surface area contributed by atoms with Crippen LogP contribution in [0.3, 0.4) is 0 Å². The first-order valence-electron chi connectivity index (χ1n) is 10.7. The minimum atomic E-state index is -0.301. The average molecular weight is 435 g/mol. The molecule has 3 aromatic rings. The molecule has 32 heavy (non-hydrogen) atoms. The molecule has 9 nitrogen and oxygen atoms in total. The van der Waals surface area contributed by atoms with Gasteiger partial charge in [0.15, 0.2) is 0 Å². The van der Waals surface area contributed by atoms with E-state index >= 15 is 0 Å². The Bertz CT molecular complexity index is 1120. The van der Waals surface area contributed by atoms with Gasteiger partial charge in [0.1, 0.15) is 23.6 Å². The largest absolute Gasteiger partial charge is 0.497 e. The maximum Gasteiger partial charge on any atom is 0.270 e. The number of benzene rings is 1. The highest BCUT2D eigenvalue weighted by Gasteiger charge is 2.15. The summed E-state index contributed by atoms with van der Waals surface area (Å²) in [6, 6.07) is 12.3. The first kappa shape index (κ1) is 21.5. The Hall–Kier alpha value is -3.75. The Balaban J connectivity index is 1.38. The number of aromatic nitrogens is 4. The highest BCUT2D eigenvalue weighted by atomic mass is 16.5. The zero-order valence-electron chi connectivity index (χ0n) is 18.0. The number of piperidine rings is 1. The summed E-state index contributed by atoms with van der Waals surface area (Å²) in [5.74, 6) is 1.22. The first-order chi connectivity index (χ1) is 15.6. The van der Waals surface area contributed by atoms with E-state index in [1.807, 2.05) is 24.3 Å². The van der Waals surface area contributed by atoms with Crippen LogP contribution in [0.2, 0.25) is 0 Å². The van der Waals surface area contributed by atoms with Crippen LogP contribution < -0.4 is 20.5 Å². The number of anilines is 1. The summed E-state index contributed by atoms with van der Waals surface area (Å²) in [7, 11) is 1.61. The fourth-order valence-corrected chi connectivity index (χ4v) is 3.66. The van der Waals surface area contributed by atoms with Crippen molar-refractivity contribution in [3.05, 3.63) is 64.8 Å². The molecular weight excluding hydrogens is 408 g/mol. The van der Waals surface area contributed by atoms with E-state index in [0.717, 1.165) is 43.1 Å². The zero-order valence-corrected chi connectivity index (χ0v) is 18.0. The van der Waals surface area contributed by atoms with Crippen LogP contribution in [-0.2, 0) is 6.54 Å². The Morgan fingerprint density at radius 1 is 1.06 bits per heavy atom. The van der Waals surface area contributed by atoms with E-state index in [0.29, 0.717) is 11.4 Å². The molecule has 166 valence electrons. The van der Waals surface area contributed by atoms with Gasteiger partial charge in [0.2, 0.25) is 0 Å². The number of carbonyl (C=O) groups is 1. The third kappa shape index (κ3) is 5.11. The molecule has 1 aromatic carbocycles. The summed E-state index contributed by atoms with van der Waals surface area (Å²) in [4.78, 5) is 35.4. The molecule has 0 bridgehead atoms. The van der Waals surface area contributed by atoms with Crippen molar-refractivity contribution >= 4 is 11.7 Å². The van der Waals surface area contributed by atoms with Crippen molar-refractivity contribution in [2.45, 2.75) is 25.8 Å². The molecule has 4 rings (SSSR count). The van der Waals surface area contributed by atoms with Crippen molar-refractivity contribution < 1.29 is 9.53 Å². The van der Waals surface area contributed by atoms with Gasteiger partial charge < -0.3 is 15.0 Å². The zero-order chi connectivity index (χ0) is 22.3. The van der Waals surface area contributed by atoms with Gasteiger partial charge in [-0.2, -0.15) is 5.10 Å². The van der Waals surface area contributed by atoms with E-state index in [2.05, 4.69) is 25.3 Å². The number of methoxy groups -OCH3 is 1. The molecule has 9 heteroatoms. The molecule has 0 saturated carbocycles. The highest BCUT2D eigenvalue weighted by Crippen LogP contribution is 2.19. The van der Waals surface area contributed by atoms with Gasteiger partial charge in [0.25, 0.3) is 11.5 Å². The summed E-state index contributed by atoms with van der Waals surface area (Å²) in [5.41, 5.74) is 1.62. The number of carbonyl (C=O) groups excluding carboxylic acids is 1. The van der Waals surface area contributed by atoms with Crippen LogP contribution in [0, 0.1) is 0 Å². The summed E-state index contributed by atoms with van der Waals surface area (Å²) < 4.78 is 6.52. The lowest BCUT2D eigenvalue weighted by Gasteiger charge is -2.27. The van der Waals surface area contributed by atoms with Crippen LogP contribution in [0.4, 0.5) is 5.82 Å². The van der Waals surface area contributed by atoms with E-state index in [4.69, 9.17) is 4.74 Å². The molecule has 0 aliphatic carbocycles. The normalized spacial score (nSPS) is 13.6. The number of amides is 1. The maximum absolute atomic E-state index is 12.6. The maximum atomic E-state index is 12.6. The Morgan fingerprint density at radius 3 is 2.59 bits per heavy atom. The minimum absolute atomic E-state index is 0.231. The van der Waals surface area contributed by atoms with E-state index in [9.17, 15) is 9.59 Å². The van der Waals surface area contributed by atoms with E-state index in [-0.39, 0.29) is 24.6 Å². The van der Waals surface area contributed by atoms with Crippen molar-refractivity contribution in [1.29, 1.82) is 0 Å². The quantitative estimate of drug-likeness (QED) is 0.608. The predicted octanol–water partition coefficient (Wildman–Crippen LogP) is 2.13. The van der Waals surface area contributed by atoms with Gasteiger partial charge in [-0.1, -0.05) is 0 Å². The number of nitrogens with one attached hydrogen (secondary N) is 1. The molecule has 3 heterocycles. The SMILES string of the molecule is COc1ccc(-c2ccc(=O)n(CCNC(=O)c3cc(N4CCCCC4)ncn3)n2)cc1. The second kappa shape index (κ2) is 10.0. The molecule has 1 amide bonds. The summed E-state index contributed by atoms with van der Waals surface area (Å²) in [5, 5.41) is 7.24.